The van der Waals surface area contributed by atoms with Crippen LogP contribution in [0, 0.1) is 5.92 Å². The first-order valence-electron chi connectivity index (χ1n) is 14.0. The monoisotopic (exact) mass is 655 g/mol. The van der Waals surface area contributed by atoms with Gasteiger partial charge >= 0.3 is 11.9 Å². The molecule has 0 spiro atoms. The minimum absolute atomic E-state index is 0.00506. The molecule has 2 amide bonds. The smallest absolute Gasteiger partial charge is 0.341 e. The van der Waals surface area contributed by atoms with Crippen molar-refractivity contribution in [2.75, 3.05) is 6.61 Å². The second-order valence-electron chi connectivity index (χ2n) is 11.1. The molecule has 0 bridgehead atoms. The minimum Gasteiger partial charge on any atom is -0.481 e. The molecule has 0 saturated carbocycles. The van der Waals surface area contributed by atoms with Crippen LogP contribution in [0.25, 0.3) is 10.8 Å². The van der Waals surface area contributed by atoms with Crippen LogP contribution in [0.2, 0.25) is 10.0 Å². The molecule has 1 aliphatic rings. The fraction of sp³-hybridized carbons (Fsp3) is 0.312. The molecular formula is C32H31Cl2N3O8. The number of carbonyl (C=O) groups excluding carboxylic acids is 4. The Hall–Kier alpha value is -4.48. The fourth-order valence-corrected chi connectivity index (χ4v) is 5.42. The Balaban J connectivity index is 1.42. The molecule has 3 N–H and O–H groups in total. The fourth-order valence-electron chi connectivity index (χ4n) is 4.87. The molecule has 1 heterocycles. The van der Waals surface area contributed by atoms with E-state index in [0.29, 0.717) is 11.3 Å². The normalized spacial score (nSPS) is 17.2. The maximum Gasteiger partial charge on any atom is 0.341 e. The molecule has 4 rings (SSSR count). The number of nitrogens with zero attached hydrogens (tertiary/aromatic N) is 1. The number of aliphatic carboxylic acids is 1. The van der Waals surface area contributed by atoms with Gasteiger partial charge in [-0.05, 0) is 41.8 Å². The topological polar surface area (TPSA) is 160 Å². The standard InChI is InChI=1S/C32H31Cl2N3O8/c1-17(2)28(36-29(41)20-11-6-9-18-8-4-5-10-19(18)20)24-15-32(3,45-37-24)31(43)35-23(14-26(39)40)25(38)16-44-30(42)27-21(33)12-7-13-22(27)34/h4-13,17,23,28H,14-16H2,1-3H3,(H,35,43)(H,36,41)(H,39,40). The number of esters is 1. The molecule has 3 atom stereocenters. The van der Waals surface area contributed by atoms with E-state index < -0.39 is 54.3 Å². The van der Waals surface area contributed by atoms with Crippen LogP contribution in [0.3, 0.4) is 0 Å². The second-order valence-corrected chi connectivity index (χ2v) is 11.9. The van der Waals surface area contributed by atoms with Crippen LogP contribution in [-0.4, -0.2) is 64.6 Å². The largest absolute Gasteiger partial charge is 0.481 e. The van der Waals surface area contributed by atoms with Crippen molar-refractivity contribution in [1.82, 2.24) is 10.6 Å². The number of carboxylic acid groups (broad SMARTS) is 1. The number of carbonyl (C=O) groups is 5. The number of hydrogen-bond acceptors (Lipinski definition) is 8. The Morgan fingerprint density at radius 2 is 1.62 bits per heavy atom. The quantitative estimate of drug-likeness (QED) is 0.234. The van der Waals surface area contributed by atoms with E-state index in [9.17, 15) is 29.1 Å². The van der Waals surface area contributed by atoms with Crippen molar-refractivity contribution >= 4 is 69.2 Å². The first kappa shape index (κ1) is 33.4. The maximum atomic E-state index is 13.4. The highest BCUT2D eigenvalue weighted by Crippen LogP contribution is 2.28. The Morgan fingerprint density at radius 3 is 2.29 bits per heavy atom. The van der Waals surface area contributed by atoms with Crippen LogP contribution in [0.15, 0.2) is 65.8 Å². The van der Waals surface area contributed by atoms with Gasteiger partial charge in [0.25, 0.3) is 11.8 Å². The van der Waals surface area contributed by atoms with Gasteiger partial charge in [-0.1, -0.05) is 84.7 Å². The molecule has 45 heavy (non-hydrogen) atoms. The summed E-state index contributed by atoms with van der Waals surface area (Å²) < 4.78 is 5.03. The second kappa shape index (κ2) is 14.1. The Morgan fingerprint density at radius 1 is 0.978 bits per heavy atom. The minimum atomic E-state index is -1.62. The number of oxime groups is 1. The number of carboxylic acids is 1. The van der Waals surface area contributed by atoms with Crippen molar-refractivity contribution in [1.29, 1.82) is 0 Å². The van der Waals surface area contributed by atoms with Crippen molar-refractivity contribution in [3.63, 3.8) is 0 Å². The number of rotatable bonds is 12. The highest BCUT2D eigenvalue weighted by atomic mass is 35.5. The zero-order valence-electron chi connectivity index (χ0n) is 24.6. The average molecular weight is 657 g/mol. The average Bonchev–Trinajstić information content (AvgIpc) is 3.40. The lowest BCUT2D eigenvalue weighted by Crippen LogP contribution is -2.53. The zero-order valence-corrected chi connectivity index (χ0v) is 26.1. The first-order chi connectivity index (χ1) is 21.3. The molecule has 0 saturated heterocycles. The summed E-state index contributed by atoms with van der Waals surface area (Å²) in [5, 5.41) is 20.6. The third-order valence-corrected chi connectivity index (χ3v) is 7.92. The Labute approximate surface area is 268 Å². The number of Topliss-reactive ketones (excluding diaryl/α,β-unsaturated/α-hetero) is 1. The van der Waals surface area contributed by atoms with Crippen molar-refractivity contribution in [2.24, 2.45) is 11.1 Å². The van der Waals surface area contributed by atoms with Gasteiger partial charge in [0.2, 0.25) is 5.60 Å². The summed E-state index contributed by atoms with van der Waals surface area (Å²) >= 11 is 12.0. The lowest BCUT2D eigenvalue weighted by Gasteiger charge is -2.26. The van der Waals surface area contributed by atoms with Gasteiger partial charge in [0.05, 0.1) is 33.8 Å². The molecule has 1 aliphatic heterocycles. The zero-order chi connectivity index (χ0) is 32.9. The third kappa shape index (κ3) is 7.79. The molecular weight excluding hydrogens is 625 g/mol. The Bertz CT molecular complexity index is 1670. The summed E-state index contributed by atoms with van der Waals surface area (Å²) in [4.78, 5) is 69.2. The number of amides is 2. The number of hydrogen-bond donors (Lipinski definition) is 3. The molecule has 0 fully saturated rings. The van der Waals surface area contributed by atoms with Gasteiger partial charge in [0.1, 0.15) is 6.04 Å². The van der Waals surface area contributed by atoms with Gasteiger partial charge < -0.3 is 25.3 Å². The van der Waals surface area contributed by atoms with Crippen LogP contribution in [0.5, 0.6) is 0 Å². The summed E-state index contributed by atoms with van der Waals surface area (Å²) in [7, 11) is 0. The Kier molecular flexibility index (Phi) is 10.5. The molecule has 0 radical (unpaired) electrons. The lowest BCUT2D eigenvalue weighted by atomic mass is 9.89. The third-order valence-electron chi connectivity index (χ3n) is 7.29. The predicted octanol–water partition coefficient (Wildman–Crippen LogP) is 4.82. The van der Waals surface area contributed by atoms with Crippen LogP contribution in [0.1, 0.15) is 54.3 Å². The number of fused-ring (bicyclic) bond motifs is 1. The summed E-state index contributed by atoms with van der Waals surface area (Å²) in [5.74, 6) is -4.53. The number of halogens is 2. The lowest BCUT2D eigenvalue weighted by molar-refractivity contribution is -0.146. The van der Waals surface area contributed by atoms with Crippen molar-refractivity contribution < 1.29 is 38.7 Å². The van der Waals surface area contributed by atoms with E-state index in [-0.39, 0.29) is 33.9 Å². The van der Waals surface area contributed by atoms with Crippen molar-refractivity contribution in [3.8, 4) is 0 Å². The van der Waals surface area contributed by atoms with Crippen molar-refractivity contribution in [3.05, 3.63) is 81.8 Å². The number of benzene rings is 3. The number of ether oxygens (including phenoxy) is 1. The van der Waals surface area contributed by atoms with Gasteiger partial charge in [-0.15, -0.1) is 0 Å². The van der Waals surface area contributed by atoms with Gasteiger partial charge in [0, 0.05) is 12.0 Å². The van der Waals surface area contributed by atoms with E-state index in [4.69, 9.17) is 32.8 Å². The predicted molar refractivity (Wildman–Crippen MR) is 168 cm³/mol. The molecule has 3 aromatic rings. The number of ketones is 1. The van der Waals surface area contributed by atoms with E-state index in [1.165, 1.54) is 25.1 Å². The first-order valence-corrected chi connectivity index (χ1v) is 14.8. The number of nitrogens with one attached hydrogen (secondary N) is 2. The summed E-state index contributed by atoms with van der Waals surface area (Å²) in [6.07, 6.45) is -0.833. The molecule has 3 unspecified atom stereocenters. The molecule has 0 aromatic heterocycles. The van der Waals surface area contributed by atoms with Gasteiger partial charge in [-0.3, -0.25) is 19.2 Å². The SMILES string of the molecule is CC(C)C(NC(=O)c1cccc2ccccc12)C1=NOC(C)(C(=O)NC(CC(=O)O)C(=O)COC(=O)c2c(Cl)cccc2Cl)C1. The highest BCUT2D eigenvalue weighted by molar-refractivity contribution is 6.39. The molecule has 236 valence electrons. The molecule has 13 heteroatoms. The van der Waals surface area contributed by atoms with Gasteiger partial charge in [0.15, 0.2) is 12.4 Å². The van der Waals surface area contributed by atoms with Crippen molar-refractivity contribution in [2.45, 2.75) is 51.3 Å². The van der Waals surface area contributed by atoms with E-state index >= 15 is 0 Å². The summed E-state index contributed by atoms with van der Waals surface area (Å²) in [6.45, 7) is 4.34. The van der Waals surface area contributed by atoms with Crippen LogP contribution in [0.4, 0.5) is 0 Å². The summed E-state index contributed by atoms with van der Waals surface area (Å²) in [6, 6.07) is 15.1. The highest BCUT2D eigenvalue weighted by Gasteiger charge is 2.46. The maximum absolute atomic E-state index is 13.4. The van der Waals surface area contributed by atoms with Crippen LogP contribution >= 0.6 is 23.2 Å². The van der Waals surface area contributed by atoms with E-state index in [1.54, 1.807) is 12.1 Å². The van der Waals surface area contributed by atoms with E-state index in [0.717, 1.165) is 10.8 Å². The summed E-state index contributed by atoms with van der Waals surface area (Å²) in [5.41, 5.74) is -0.906. The van der Waals surface area contributed by atoms with E-state index in [2.05, 4.69) is 15.8 Å². The van der Waals surface area contributed by atoms with Crippen LogP contribution < -0.4 is 10.6 Å². The molecule has 0 aliphatic carbocycles. The molecule has 11 nitrogen and oxygen atoms in total. The van der Waals surface area contributed by atoms with Gasteiger partial charge in [-0.2, -0.15) is 0 Å². The molecule has 3 aromatic carbocycles. The van der Waals surface area contributed by atoms with Crippen LogP contribution in [-0.2, 0) is 24.0 Å². The van der Waals surface area contributed by atoms with Gasteiger partial charge in [-0.25, -0.2) is 4.79 Å². The van der Waals surface area contributed by atoms with E-state index in [1.807, 2.05) is 44.2 Å².